The van der Waals surface area contributed by atoms with Crippen LogP contribution in [0.5, 0.6) is 0 Å². The van der Waals surface area contributed by atoms with Crippen LogP contribution in [0, 0.1) is 0 Å². The molecule has 0 saturated heterocycles. The van der Waals surface area contributed by atoms with E-state index in [1.54, 1.807) is 12.1 Å². The zero-order valence-corrected chi connectivity index (χ0v) is 9.79. The lowest BCUT2D eigenvalue weighted by Crippen LogP contribution is -1.94. The molecule has 2 N–H and O–H groups in total. The monoisotopic (exact) mass is 270 g/mol. The number of carboxylic acid groups (broad SMARTS) is 1. The van der Waals surface area contributed by atoms with Gasteiger partial charge in [-0.2, -0.15) is 0 Å². The number of aromatic amines is 1. The molecule has 0 amide bonds. The number of halogens is 3. The first-order valence-corrected chi connectivity index (χ1v) is 3.44. The lowest BCUT2D eigenvalue weighted by molar-refractivity contribution is 0.0697. The molecule has 0 aliphatic rings. The van der Waals surface area contributed by atoms with Crippen molar-refractivity contribution < 1.29 is 9.90 Å². The maximum atomic E-state index is 10.5. The number of aromatic nitrogens is 2. The summed E-state index contributed by atoms with van der Waals surface area (Å²) < 4.78 is 0. The normalized spacial score (nSPS) is 8.27. The van der Waals surface area contributed by atoms with E-state index >= 15 is 0 Å². The van der Waals surface area contributed by atoms with E-state index in [0.717, 1.165) is 11.0 Å². The fraction of sp³-hybridized carbons (Fsp3) is 0. The van der Waals surface area contributed by atoms with Crippen LogP contribution in [-0.2, 0) is 0 Å². The highest BCUT2D eigenvalue weighted by Gasteiger charge is 2.03. The molecule has 1 aromatic heterocycles. The maximum absolute atomic E-state index is 10.5. The topological polar surface area (TPSA) is 66.0 Å². The predicted octanol–water partition coefficient (Wildman–Crippen LogP) is 2.53. The molecular formula is C8H9Cl3N2O2. The molecule has 1 aromatic carbocycles. The van der Waals surface area contributed by atoms with Gasteiger partial charge < -0.3 is 10.1 Å². The van der Waals surface area contributed by atoms with E-state index in [-0.39, 0.29) is 42.8 Å². The molecule has 0 atom stereocenters. The Morgan fingerprint density at radius 3 is 2.53 bits per heavy atom. The Morgan fingerprint density at radius 1 is 1.27 bits per heavy atom. The highest BCUT2D eigenvalue weighted by atomic mass is 35.5. The minimum Gasteiger partial charge on any atom is -0.478 e. The molecule has 0 aliphatic heterocycles. The third-order valence-electron chi connectivity index (χ3n) is 1.67. The van der Waals surface area contributed by atoms with Crippen LogP contribution in [0.2, 0.25) is 0 Å². The van der Waals surface area contributed by atoms with Crippen molar-refractivity contribution in [3.63, 3.8) is 0 Å². The molecule has 0 saturated carbocycles. The highest BCUT2D eigenvalue weighted by molar-refractivity contribution is 5.92. The van der Waals surface area contributed by atoms with Gasteiger partial charge in [0, 0.05) is 0 Å². The van der Waals surface area contributed by atoms with E-state index in [2.05, 4.69) is 9.97 Å². The average Bonchev–Trinajstić information content (AvgIpc) is 2.49. The molecule has 7 heteroatoms. The Balaban J connectivity index is 0. The number of imidazole rings is 1. The van der Waals surface area contributed by atoms with Crippen molar-refractivity contribution in [1.29, 1.82) is 0 Å². The molecular weight excluding hydrogens is 262 g/mol. The Kier molecular flexibility index (Phi) is 7.13. The summed E-state index contributed by atoms with van der Waals surface area (Å²) in [6.45, 7) is 0. The van der Waals surface area contributed by atoms with Crippen molar-refractivity contribution in [3.8, 4) is 0 Å². The van der Waals surface area contributed by atoms with Gasteiger partial charge in [-0.25, -0.2) is 9.78 Å². The molecule has 2 rings (SSSR count). The Bertz CT molecular complexity index is 444. The molecule has 84 valence electrons. The van der Waals surface area contributed by atoms with Crippen LogP contribution in [0.3, 0.4) is 0 Å². The summed E-state index contributed by atoms with van der Waals surface area (Å²) in [5.41, 5.74) is 1.79. The van der Waals surface area contributed by atoms with E-state index in [9.17, 15) is 4.79 Å². The highest BCUT2D eigenvalue weighted by Crippen LogP contribution is 2.10. The third kappa shape index (κ3) is 3.27. The summed E-state index contributed by atoms with van der Waals surface area (Å²) in [6.07, 6.45) is 1.54. The van der Waals surface area contributed by atoms with Crippen LogP contribution in [-0.4, -0.2) is 21.0 Å². The molecule has 1 heterocycles. The van der Waals surface area contributed by atoms with Crippen LogP contribution in [0.4, 0.5) is 0 Å². The minimum absolute atomic E-state index is 0. The van der Waals surface area contributed by atoms with Crippen LogP contribution >= 0.6 is 37.2 Å². The summed E-state index contributed by atoms with van der Waals surface area (Å²) in [6, 6.07) is 4.77. The van der Waals surface area contributed by atoms with Crippen LogP contribution in [0.1, 0.15) is 10.4 Å². The van der Waals surface area contributed by atoms with Gasteiger partial charge in [0.05, 0.1) is 22.9 Å². The fourth-order valence-corrected chi connectivity index (χ4v) is 1.07. The second-order valence-corrected chi connectivity index (χ2v) is 2.44. The summed E-state index contributed by atoms with van der Waals surface area (Å²) in [4.78, 5) is 17.3. The third-order valence-corrected chi connectivity index (χ3v) is 1.67. The number of aromatic carboxylic acids is 1. The quantitative estimate of drug-likeness (QED) is 0.837. The summed E-state index contributed by atoms with van der Waals surface area (Å²) >= 11 is 0. The van der Waals surface area contributed by atoms with Gasteiger partial charge in [-0.15, -0.1) is 37.2 Å². The average molecular weight is 272 g/mol. The SMILES string of the molecule is Cl.Cl.Cl.O=C(O)c1ccc2nc[nH]c2c1. The molecule has 0 radical (unpaired) electrons. The Labute approximate surface area is 104 Å². The number of H-pyrrole nitrogens is 1. The van der Waals surface area contributed by atoms with Crippen LogP contribution < -0.4 is 0 Å². The lowest BCUT2D eigenvalue weighted by atomic mass is 10.2. The molecule has 0 spiro atoms. The summed E-state index contributed by atoms with van der Waals surface area (Å²) in [5.74, 6) is -0.925. The number of benzene rings is 1. The van der Waals surface area contributed by atoms with Gasteiger partial charge in [0.15, 0.2) is 0 Å². The number of nitrogens with one attached hydrogen (secondary N) is 1. The van der Waals surface area contributed by atoms with Gasteiger partial charge in [-0.1, -0.05) is 0 Å². The standard InChI is InChI=1S/C8H6N2O2.3ClH/c11-8(12)5-1-2-6-7(3-5)10-4-9-6;;;/h1-4H,(H,9,10)(H,11,12);3*1H. The second kappa shape index (κ2) is 6.50. The van der Waals surface area contributed by atoms with Crippen molar-refractivity contribution in [3.05, 3.63) is 30.1 Å². The summed E-state index contributed by atoms with van der Waals surface area (Å²) in [5, 5.41) is 8.65. The fourth-order valence-electron chi connectivity index (χ4n) is 1.07. The smallest absolute Gasteiger partial charge is 0.335 e. The largest absolute Gasteiger partial charge is 0.478 e. The van der Waals surface area contributed by atoms with Crippen molar-refractivity contribution in [1.82, 2.24) is 9.97 Å². The van der Waals surface area contributed by atoms with Crippen molar-refractivity contribution in [2.75, 3.05) is 0 Å². The molecule has 2 aromatic rings. The number of rotatable bonds is 1. The van der Waals surface area contributed by atoms with Gasteiger partial charge in [0.25, 0.3) is 0 Å². The Hall–Kier alpha value is -0.970. The number of nitrogens with zero attached hydrogens (tertiary/aromatic N) is 1. The van der Waals surface area contributed by atoms with E-state index in [1.807, 2.05) is 0 Å². The minimum atomic E-state index is -0.925. The number of hydrogen-bond acceptors (Lipinski definition) is 2. The van der Waals surface area contributed by atoms with E-state index in [0.29, 0.717) is 0 Å². The molecule has 0 bridgehead atoms. The Morgan fingerprint density at radius 2 is 1.93 bits per heavy atom. The molecule has 0 aliphatic carbocycles. The predicted molar refractivity (Wildman–Crippen MR) is 64.8 cm³/mol. The first kappa shape index (κ1) is 16.5. The maximum Gasteiger partial charge on any atom is 0.335 e. The zero-order valence-electron chi connectivity index (χ0n) is 7.34. The first-order chi connectivity index (χ1) is 5.77. The summed E-state index contributed by atoms with van der Waals surface area (Å²) in [7, 11) is 0. The van der Waals surface area contributed by atoms with Gasteiger partial charge in [0.2, 0.25) is 0 Å². The zero-order chi connectivity index (χ0) is 8.55. The van der Waals surface area contributed by atoms with Crippen LogP contribution in [0.25, 0.3) is 11.0 Å². The number of carboxylic acids is 1. The number of fused-ring (bicyclic) bond motifs is 1. The number of hydrogen-bond donors (Lipinski definition) is 2. The number of carbonyl (C=O) groups is 1. The van der Waals surface area contributed by atoms with Crippen molar-refractivity contribution >= 4 is 54.2 Å². The lowest BCUT2D eigenvalue weighted by Gasteiger charge is -1.92. The second-order valence-electron chi connectivity index (χ2n) is 2.44. The molecule has 0 fully saturated rings. The first-order valence-electron chi connectivity index (χ1n) is 3.44. The van der Waals surface area contributed by atoms with Gasteiger partial charge in [0.1, 0.15) is 0 Å². The van der Waals surface area contributed by atoms with E-state index in [4.69, 9.17) is 5.11 Å². The van der Waals surface area contributed by atoms with E-state index in [1.165, 1.54) is 12.4 Å². The van der Waals surface area contributed by atoms with Crippen LogP contribution in [0.15, 0.2) is 24.5 Å². The van der Waals surface area contributed by atoms with Gasteiger partial charge in [-0.3, -0.25) is 0 Å². The molecule has 15 heavy (non-hydrogen) atoms. The van der Waals surface area contributed by atoms with E-state index < -0.39 is 5.97 Å². The molecule has 4 nitrogen and oxygen atoms in total. The van der Waals surface area contributed by atoms with Crippen molar-refractivity contribution in [2.45, 2.75) is 0 Å². The van der Waals surface area contributed by atoms with Gasteiger partial charge in [-0.05, 0) is 18.2 Å². The van der Waals surface area contributed by atoms with Crippen molar-refractivity contribution in [2.24, 2.45) is 0 Å². The molecule has 0 unspecified atom stereocenters. The van der Waals surface area contributed by atoms with Gasteiger partial charge >= 0.3 is 5.97 Å².